The highest BCUT2D eigenvalue weighted by molar-refractivity contribution is 5.81. The molecule has 1 fully saturated rings. The first-order chi connectivity index (χ1) is 12.2. The maximum atomic E-state index is 12.6. The Morgan fingerprint density at radius 1 is 1.36 bits per heavy atom. The van der Waals surface area contributed by atoms with E-state index in [-0.39, 0.29) is 11.9 Å². The number of aryl methyl sites for hydroxylation is 2. The maximum absolute atomic E-state index is 12.6. The predicted octanol–water partition coefficient (Wildman–Crippen LogP) is 2.15. The minimum Gasteiger partial charge on any atom is -0.355 e. The summed E-state index contributed by atoms with van der Waals surface area (Å²) >= 11 is 0. The smallest absolute Gasteiger partial charge is 0.237 e. The summed E-state index contributed by atoms with van der Waals surface area (Å²) in [5.41, 5.74) is 1.16. The molecule has 2 aromatic heterocycles. The zero-order chi connectivity index (χ0) is 17.5. The highest BCUT2D eigenvalue weighted by atomic mass is 16.2. The van der Waals surface area contributed by atoms with E-state index in [4.69, 9.17) is 0 Å². The molecule has 0 spiro atoms. The summed E-state index contributed by atoms with van der Waals surface area (Å²) < 4.78 is 2.11. The van der Waals surface area contributed by atoms with E-state index >= 15 is 0 Å². The summed E-state index contributed by atoms with van der Waals surface area (Å²) in [5.74, 6) is 1.17. The molecule has 1 amide bonds. The standard InChI is InChI=1S/C19H27N5O/c1-16-21-10-13-23(16)12-5-9-22-19(25)18-7-2-3-11-24(18)15-17-6-4-8-20-14-17/h4,6,8,10,13-14,18H,2-3,5,7,9,11-12,15H2,1H3,(H,22,25). The molecule has 1 unspecified atom stereocenters. The molecular formula is C19H27N5O. The van der Waals surface area contributed by atoms with Crippen LogP contribution in [0.25, 0.3) is 0 Å². The average molecular weight is 341 g/mol. The Morgan fingerprint density at radius 3 is 3.04 bits per heavy atom. The zero-order valence-electron chi connectivity index (χ0n) is 14.9. The molecule has 134 valence electrons. The number of imidazole rings is 1. The van der Waals surface area contributed by atoms with Crippen LogP contribution >= 0.6 is 0 Å². The van der Waals surface area contributed by atoms with Gasteiger partial charge in [-0.3, -0.25) is 14.7 Å². The molecule has 3 heterocycles. The number of carbonyl (C=O) groups excluding carboxylic acids is 1. The first-order valence-corrected chi connectivity index (χ1v) is 9.12. The minimum atomic E-state index is -0.0241. The number of aromatic nitrogens is 3. The molecule has 3 rings (SSSR count). The normalized spacial score (nSPS) is 18.2. The maximum Gasteiger partial charge on any atom is 0.237 e. The zero-order valence-corrected chi connectivity index (χ0v) is 14.9. The van der Waals surface area contributed by atoms with Crippen LogP contribution in [-0.4, -0.2) is 44.5 Å². The second-order valence-corrected chi connectivity index (χ2v) is 6.66. The van der Waals surface area contributed by atoms with Crippen molar-refractivity contribution in [3.05, 3.63) is 48.3 Å². The Labute approximate surface area is 149 Å². The van der Waals surface area contributed by atoms with E-state index in [0.29, 0.717) is 6.54 Å². The number of rotatable bonds is 7. The minimum absolute atomic E-state index is 0.0241. The van der Waals surface area contributed by atoms with Gasteiger partial charge in [0.15, 0.2) is 0 Å². The fourth-order valence-electron chi connectivity index (χ4n) is 3.42. The van der Waals surface area contributed by atoms with E-state index in [2.05, 4.69) is 30.8 Å². The van der Waals surface area contributed by atoms with Gasteiger partial charge < -0.3 is 9.88 Å². The van der Waals surface area contributed by atoms with Crippen LogP contribution in [0.3, 0.4) is 0 Å². The molecule has 2 aromatic rings. The number of hydrogen-bond acceptors (Lipinski definition) is 4. The third kappa shape index (κ3) is 4.89. The monoisotopic (exact) mass is 341 g/mol. The van der Waals surface area contributed by atoms with Crippen molar-refractivity contribution in [2.75, 3.05) is 13.1 Å². The van der Waals surface area contributed by atoms with E-state index in [1.165, 1.54) is 0 Å². The van der Waals surface area contributed by atoms with E-state index in [1.807, 2.05) is 31.6 Å². The Morgan fingerprint density at radius 2 is 2.28 bits per heavy atom. The second kappa shape index (κ2) is 8.76. The van der Waals surface area contributed by atoms with Crippen LogP contribution in [0.1, 0.15) is 37.1 Å². The van der Waals surface area contributed by atoms with Crippen LogP contribution in [0, 0.1) is 6.92 Å². The van der Waals surface area contributed by atoms with Crippen molar-refractivity contribution in [3.63, 3.8) is 0 Å². The summed E-state index contributed by atoms with van der Waals surface area (Å²) in [6.07, 6.45) is 11.6. The van der Waals surface area contributed by atoms with Crippen LogP contribution in [0.2, 0.25) is 0 Å². The summed E-state index contributed by atoms with van der Waals surface area (Å²) in [5, 5.41) is 3.12. The summed E-state index contributed by atoms with van der Waals surface area (Å²) in [7, 11) is 0. The molecule has 1 N–H and O–H groups in total. The molecule has 1 aliphatic rings. The van der Waals surface area contributed by atoms with Crippen LogP contribution in [0.4, 0.5) is 0 Å². The largest absolute Gasteiger partial charge is 0.355 e. The number of piperidine rings is 1. The Hall–Kier alpha value is -2.21. The van der Waals surface area contributed by atoms with Crippen LogP contribution in [0.5, 0.6) is 0 Å². The number of likely N-dealkylation sites (tertiary alicyclic amines) is 1. The highest BCUT2D eigenvalue weighted by Gasteiger charge is 2.28. The number of nitrogens with zero attached hydrogens (tertiary/aromatic N) is 4. The van der Waals surface area contributed by atoms with Gasteiger partial charge in [-0.25, -0.2) is 4.98 Å². The van der Waals surface area contributed by atoms with E-state index in [9.17, 15) is 4.79 Å². The SMILES string of the molecule is Cc1nccn1CCCNC(=O)C1CCCCN1Cc1cccnc1. The van der Waals surface area contributed by atoms with Gasteiger partial charge in [0.2, 0.25) is 5.91 Å². The molecule has 1 atom stereocenters. The lowest BCUT2D eigenvalue weighted by Gasteiger charge is -2.34. The number of hydrogen-bond donors (Lipinski definition) is 1. The molecule has 0 bridgehead atoms. The molecule has 6 nitrogen and oxygen atoms in total. The van der Waals surface area contributed by atoms with Crippen LogP contribution < -0.4 is 5.32 Å². The summed E-state index contributed by atoms with van der Waals surface area (Å²) in [4.78, 5) is 23.3. The Balaban J connectivity index is 1.48. The number of nitrogens with one attached hydrogen (secondary N) is 1. The van der Waals surface area contributed by atoms with Crippen molar-refractivity contribution in [1.29, 1.82) is 0 Å². The lowest BCUT2D eigenvalue weighted by atomic mass is 10.0. The van der Waals surface area contributed by atoms with Gasteiger partial charge in [-0.15, -0.1) is 0 Å². The second-order valence-electron chi connectivity index (χ2n) is 6.66. The molecule has 0 radical (unpaired) electrons. The van der Waals surface area contributed by atoms with Gasteiger partial charge in [-0.2, -0.15) is 0 Å². The third-order valence-corrected chi connectivity index (χ3v) is 4.82. The van der Waals surface area contributed by atoms with E-state index < -0.39 is 0 Å². The third-order valence-electron chi connectivity index (χ3n) is 4.82. The first kappa shape index (κ1) is 17.6. The fraction of sp³-hybridized carbons (Fsp3) is 0.526. The molecule has 0 aromatic carbocycles. The quantitative estimate of drug-likeness (QED) is 0.784. The highest BCUT2D eigenvalue weighted by Crippen LogP contribution is 2.19. The van der Waals surface area contributed by atoms with Gasteiger partial charge in [0.25, 0.3) is 0 Å². The molecular weight excluding hydrogens is 314 g/mol. The van der Waals surface area contributed by atoms with Crippen molar-refractivity contribution < 1.29 is 4.79 Å². The van der Waals surface area contributed by atoms with Crippen molar-refractivity contribution in [2.45, 2.75) is 51.7 Å². The predicted molar refractivity (Wildman–Crippen MR) is 96.9 cm³/mol. The number of carbonyl (C=O) groups is 1. The molecule has 1 aliphatic heterocycles. The van der Waals surface area contributed by atoms with Crippen molar-refractivity contribution >= 4 is 5.91 Å². The first-order valence-electron chi connectivity index (χ1n) is 9.12. The fourth-order valence-corrected chi connectivity index (χ4v) is 3.42. The lowest BCUT2D eigenvalue weighted by Crippen LogP contribution is -2.49. The van der Waals surface area contributed by atoms with Gasteiger partial charge in [0, 0.05) is 44.4 Å². The Bertz CT molecular complexity index is 669. The van der Waals surface area contributed by atoms with Gasteiger partial charge in [0.1, 0.15) is 5.82 Å². The van der Waals surface area contributed by atoms with Crippen molar-refractivity contribution in [1.82, 2.24) is 24.8 Å². The molecule has 6 heteroatoms. The van der Waals surface area contributed by atoms with Crippen molar-refractivity contribution in [3.8, 4) is 0 Å². The molecule has 0 aliphatic carbocycles. The summed E-state index contributed by atoms with van der Waals surface area (Å²) in [6.45, 7) is 5.35. The Kier molecular flexibility index (Phi) is 6.17. The molecule has 25 heavy (non-hydrogen) atoms. The van der Waals surface area contributed by atoms with Gasteiger partial charge in [-0.05, 0) is 44.4 Å². The number of amides is 1. The number of pyridine rings is 1. The van der Waals surface area contributed by atoms with Crippen LogP contribution in [-0.2, 0) is 17.9 Å². The van der Waals surface area contributed by atoms with Crippen molar-refractivity contribution in [2.24, 2.45) is 0 Å². The van der Waals surface area contributed by atoms with E-state index in [1.54, 1.807) is 6.20 Å². The van der Waals surface area contributed by atoms with E-state index in [0.717, 1.165) is 56.7 Å². The van der Waals surface area contributed by atoms with Gasteiger partial charge in [0.05, 0.1) is 6.04 Å². The average Bonchev–Trinajstić information content (AvgIpc) is 3.05. The molecule has 1 saturated heterocycles. The van der Waals surface area contributed by atoms with Gasteiger partial charge in [-0.1, -0.05) is 12.5 Å². The molecule has 0 saturated carbocycles. The van der Waals surface area contributed by atoms with Crippen LogP contribution in [0.15, 0.2) is 36.9 Å². The van der Waals surface area contributed by atoms with Gasteiger partial charge >= 0.3 is 0 Å². The summed E-state index contributed by atoms with van der Waals surface area (Å²) in [6, 6.07) is 4.00. The lowest BCUT2D eigenvalue weighted by molar-refractivity contribution is -0.127. The topological polar surface area (TPSA) is 63.1 Å².